The number of carbonyl (C=O) groups is 1. The van der Waals surface area contributed by atoms with Gasteiger partial charge in [0.2, 0.25) is 0 Å². The molecule has 0 aromatic heterocycles. The Labute approximate surface area is 198 Å². The third-order valence-corrected chi connectivity index (χ3v) is 6.71. The summed E-state index contributed by atoms with van der Waals surface area (Å²) in [4.78, 5) is 10.3. The summed E-state index contributed by atoms with van der Waals surface area (Å²) in [5.74, 6) is 1.26. The molecular weight excluding hydrogens is 400 g/mol. The Bertz CT molecular complexity index is 460. The second kappa shape index (κ2) is 20.7. The summed E-state index contributed by atoms with van der Waals surface area (Å²) < 4.78 is 0. The van der Waals surface area contributed by atoms with Crippen LogP contribution in [0, 0.1) is 17.8 Å². The minimum absolute atomic E-state index is 0.0289. The minimum atomic E-state index is -0.689. The number of hydrogen-bond donors (Lipinski definition) is 3. The minimum Gasteiger partial charge on any atom is -0.481 e. The van der Waals surface area contributed by atoms with Gasteiger partial charge in [-0.3, -0.25) is 4.79 Å². The van der Waals surface area contributed by atoms with Gasteiger partial charge >= 0.3 is 5.97 Å². The number of aliphatic carboxylic acids is 1. The molecule has 32 heavy (non-hydrogen) atoms. The van der Waals surface area contributed by atoms with Gasteiger partial charge in [0.1, 0.15) is 0 Å². The summed E-state index contributed by atoms with van der Waals surface area (Å²) >= 11 is 0. The maximum atomic E-state index is 10.3. The van der Waals surface area contributed by atoms with Crippen LogP contribution in [0.2, 0.25) is 0 Å². The predicted octanol–water partition coefficient (Wildman–Crippen LogP) is 7.52. The summed E-state index contributed by atoms with van der Waals surface area (Å²) in [7, 11) is 0. The van der Waals surface area contributed by atoms with Crippen LogP contribution >= 0.6 is 0 Å². The Balaban J connectivity index is 0.000000726. The average molecular weight is 455 g/mol. The van der Waals surface area contributed by atoms with Gasteiger partial charge < -0.3 is 15.3 Å². The molecule has 1 rings (SSSR count). The van der Waals surface area contributed by atoms with E-state index >= 15 is 0 Å². The van der Waals surface area contributed by atoms with E-state index in [-0.39, 0.29) is 12.2 Å². The van der Waals surface area contributed by atoms with Gasteiger partial charge in [0.05, 0.1) is 12.2 Å². The Kier molecular flexibility index (Phi) is 20.2. The first kappa shape index (κ1) is 31.1. The third kappa shape index (κ3) is 18.7. The largest absolute Gasteiger partial charge is 0.481 e. The molecule has 4 nitrogen and oxygen atoms in total. The maximum absolute atomic E-state index is 10.3. The molecule has 0 bridgehead atoms. The van der Waals surface area contributed by atoms with E-state index in [1.54, 1.807) is 0 Å². The SMILES string of the molecule is CC1CCC(C(C)C)C(O)C1.CCCCCC[C@@H](O)C/C=C\CCCCCCCC(=O)O. The Morgan fingerprint density at radius 2 is 1.62 bits per heavy atom. The van der Waals surface area contributed by atoms with E-state index < -0.39 is 5.97 Å². The normalized spacial score (nSPS) is 22.0. The van der Waals surface area contributed by atoms with Gasteiger partial charge in [0, 0.05) is 6.42 Å². The van der Waals surface area contributed by atoms with Crippen molar-refractivity contribution in [2.45, 2.75) is 143 Å². The van der Waals surface area contributed by atoms with E-state index in [2.05, 4.69) is 39.8 Å². The topological polar surface area (TPSA) is 77.8 Å². The summed E-state index contributed by atoms with van der Waals surface area (Å²) in [6, 6.07) is 0. The number of carboxylic acids is 1. The lowest BCUT2D eigenvalue weighted by Crippen LogP contribution is -2.31. The molecule has 4 atom stereocenters. The van der Waals surface area contributed by atoms with Crippen molar-refractivity contribution in [2.24, 2.45) is 17.8 Å². The van der Waals surface area contributed by atoms with Crippen LogP contribution in [0.3, 0.4) is 0 Å². The van der Waals surface area contributed by atoms with Crippen molar-refractivity contribution >= 4 is 5.97 Å². The number of hydrogen-bond acceptors (Lipinski definition) is 3. The van der Waals surface area contributed by atoms with Crippen LogP contribution in [-0.4, -0.2) is 33.5 Å². The molecule has 0 saturated heterocycles. The second-order valence-electron chi connectivity index (χ2n) is 10.3. The zero-order chi connectivity index (χ0) is 24.2. The Morgan fingerprint density at radius 3 is 2.25 bits per heavy atom. The van der Waals surface area contributed by atoms with Crippen molar-refractivity contribution in [3.63, 3.8) is 0 Å². The van der Waals surface area contributed by atoms with Crippen molar-refractivity contribution in [1.29, 1.82) is 0 Å². The van der Waals surface area contributed by atoms with Gasteiger partial charge in [-0.1, -0.05) is 91.2 Å². The quantitative estimate of drug-likeness (QED) is 0.166. The van der Waals surface area contributed by atoms with Crippen molar-refractivity contribution in [2.75, 3.05) is 0 Å². The standard InChI is InChI=1S/C18H34O3.C10H20O/c1-2-3-4-11-14-17(19)15-12-9-7-5-6-8-10-13-16-18(20)21;1-7(2)9-5-4-8(3)6-10(9)11/h9,12,17,19H,2-8,10-11,13-16H2,1H3,(H,20,21);7-11H,4-6H2,1-3H3/b12-9-;/t17-;/m1./s1. The lowest BCUT2D eigenvalue weighted by atomic mass is 9.75. The molecule has 1 aliphatic rings. The number of unbranched alkanes of at least 4 members (excludes halogenated alkanes) is 8. The Morgan fingerprint density at radius 1 is 0.969 bits per heavy atom. The molecule has 3 N–H and O–H groups in total. The van der Waals surface area contributed by atoms with Crippen LogP contribution in [0.4, 0.5) is 0 Å². The van der Waals surface area contributed by atoms with Crippen molar-refractivity contribution in [1.82, 2.24) is 0 Å². The fraction of sp³-hybridized carbons (Fsp3) is 0.893. The first-order valence-electron chi connectivity index (χ1n) is 13.5. The molecule has 1 saturated carbocycles. The monoisotopic (exact) mass is 454 g/mol. The maximum Gasteiger partial charge on any atom is 0.303 e. The highest BCUT2D eigenvalue weighted by Crippen LogP contribution is 2.33. The van der Waals surface area contributed by atoms with Gasteiger partial charge in [-0.25, -0.2) is 0 Å². The molecule has 0 aromatic carbocycles. The molecule has 0 radical (unpaired) electrons. The first-order chi connectivity index (χ1) is 15.3. The number of rotatable bonds is 16. The average Bonchev–Trinajstić information content (AvgIpc) is 2.72. The number of allylic oxidation sites excluding steroid dienone is 1. The molecule has 0 amide bonds. The van der Waals surface area contributed by atoms with Crippen LogP contribution in [0.1, 0.15) is 130 Å². The van der Waals surface area contributed by atoms with Gasteiger partial charge in [-0.15, -0.1) is 0 Å². The zero-order valence-corrected chi connectivity index (χ0v) is 21.6. The molecule has 0 spiro atoms. The molecule has 3 unspecified atom stereocenters. The lowest BCUT2D eigenvalue weighted by molar-refractivity contribution is -0.137. The van der Waals surface area contributed by atoms with Crippen LogP contribution in [0.25, 0.3) is 0 Å². The highest BCUT2D eigenvalue weighted by atomic mass is 16.4. The zero-order valence-electron chi connectivity index (χ0n) is 21.6. The smallest absolute Gasteiger partial charge is 0.303 e. The fourth-order valence-electron chi connectivity index (χ4n) is 4.52. The van der Waals surface area contributed by atoms with Gasteiger partial charge in [0.25, 0.3) is 0 Å². The lowest BCUT2D eigenvalue weighted by Gasteiger charge is -2.33. The molecule has 1 aliphatic carbocycles. The van der Waals surface area contributed by atoms with Crippen molar-refractivity contribution in [3.05, 3.63) is 12.2 Å². The van der Waals surface area contributed by atoms with Crippen LogP contribution < -0.4 is 0 Å². The predicted molar refractivity (Wildman–Crippen MR) is 136 cm³/mol. The first-order valence-corrected chi connectivity index (χ1v) is 13.5. The number of aliphatic hydroxyl groups excluding tert-OH is 2. The van der Waals surface area contributed by atoms with Crippen LogP contribution in [0.15, 0.2) is 12.2 Å². The van der Waals surface area contributed by atoms with E-state index in [1.807, 2.05) is 0 Å². The number of carboxylic acid groups (broad SMARTS) is 1. The molecule has 190 valence electrons. The second-order valence-corrected chi connectivity index (χ2v) is 10.3. The van der Waals surface area contributed by atoms with Crippen LogP contribution in [-0.2, 0) is 4.79 Å². The molecule has 4 heteroatoms. The molecule has 0 aromatic rings. The van der Waals surface area contributed by atoms with Crippen LogP contribution in [0.5, 0.6) is 0 Å². The summed E-state index contributed by atoms with van der Waals surface area (Å²) in [5.41, 5.74) is 0. The number of aliphatic hydroxyl groups is 2. The fourth-order valence-corrected chi connectivity index (χ4v) is 4.52. The van der Waals surface area contributed by atoms with E-state index in [9.17, 15) is 15.0 Å². The summed E-state index contributed by atoms with van der Waals surface area (Å²) in [6.07, 6.45) is 20.9. The van der Waals surface area contributed by atoms with Gasteiger partial charge in [0.15, 0.2) is 0 Å². The summed E-state index contributed by atoms with van der Waals surface area (Å²) in [6.45, 7) is 8.86. The van der Waals surface area contributed by atoms with E-state index in [4.69, 9.17) is 5.11 Å². The molecular formula is C28H54O4. The van der Waals surface area contributed by atoms with E-state index in [1.165, 1.54) is 38.5 Å². The third-order valence-electron chi connectivity index (χ3n) is 6.71. The highest BCUT2D eigenvalue weighted by molar-refractivity contribution is 5.66. The van der Waals surface area contributed by atoms with Gasteiger partial charge in [-0.2, -0.15) is 0 Å². The van der Waals surface area contributed by atoms with Crippen molar-refractivity contribution < 1.29 is 20.1 Å². The molecule has 0 heterocycles. The van der Waals surface area contributed by atoms with E-state index in [0.29, 0.717) is 18.3 Å². The Hall–Kier alpha value is -0.870. The summed E-state index contributed by atoms with van der Waals surface area (Å²) in [5, 5.41) is 28.0. The molecule has 0 aliphatic heterocycles. The van der Waals surface area contributed by atoms with Crippen molar-refractivity contribution in [3.8, 4) is 0 Å². The molecule has 1 fully saturated rings. The highest BCUT2D eigenvalue weighted by Gasteiger charge is 2.28. The van der Waals surface area contributed by atoms with Gasteiger partial charge in [-0.05, 0) is 62.7 Å². The van der Waals surface area contributed by atoms with E-state index in [0.717, 1.165) is 63.7 Å².